The molecular formula is C9H13ClN2O. The van der Waals surface area contributed by atoms with E-state index in [0.717, 1.165) is 11.3 Å². The lowest BCUT2D eigenvalue weighted by Gasteiger charge is -2.14. The monoisotopic (exact) mass is 200 g/mol. The number of nitrogens with one attached hydrogen (secondary N) is 1. The van der Waals surface area contributed by atoms with E-state index in [9.17, 15) is 0 Å². The third-order valence-electron chi connectivity index (χ3n) is 1.98. The standard InChI is InChI=1S/C9H13ClN2O/c1-6(11-2)7-5-12-9(10)4-8(7)13-3/h4-6,11H,1-3H3/t6-/m1/s1. The lowest BCUT2D eigenvalue weighted by atomic mass is 10.1. The van der Waals surface area contributed by atoms with Crippen molar-refractivity contribution in [2.75, 3.05) is 14.2 Å². The number of hydrogen-bond donors (Lipinski definition) is 1. The number of rotatable bonds is 3. The van der Waals surface area contributed by atoms with Gasteiger partial charge in [0, 0.05) is 23.9 Å². The molecule has 0 aliphatic heterocycles. The molecule has 1 N–H and O–H groups in total. The molecule has 1 aromatic heterocycles. The summed E-state index contributed by atoms with van der Waals surface area (Å²) in [6.07, 6.45) is 1.72. The molecule has 13 heavy (non-hydrogen) atoms. The van der Waals surface area contributed by atoms with Gasteiger partial charge in [0.1, 0.15) is 10.9 Å². The van der Waals surface area contributed by atoms with E-state index in [4.69, 9.17) is 16.3 Å². The van der Waals surface area contributed by atoms with Crippen LogP contribution < -0.4 is 10.1 Å². The number of ether oxygens (including phenoxy) is 1. The fourth-order valence-corrected chi connectivity index (χ4v) is 1.23. The van der Waals surface area contributed by atoms with Gasteiger partial charge in [-0.05, 0) is 14.0 Å². The minimum Gasteiger partial charge on any atom is -0.496 e. The smallest absolute Gasteiger partial charge is 0.132 e. The predicted octanol–water partition coefficient (Wildman–Crippen LogP) is 2.02. The summed E-state index contributed by atoms with van der Waals surface area (Å²) in [7, 11) is 3.51. The van der Waals surface area contributed by atoms with Gasteiger partial charge in [0.25, 0.3) is 0 Å². The minimum absolute atomic E-state index is 0.208. The minimum atomic E-state index is 0.208. The van der Waals surface area contributed by atoms with Crippen LogP contribution in [0.1, 0.15) is 18.5 Å². The van der Waals surface area contributed by atoms with Crippen LogP contribution in [0.15, 0.2) is 12.3 Å². The first-order valence-corrected chi connectivity index (χ1v) is 4.43. The summed E-state index contributed by atoms with van der Waals surface area (Å²) in [5.41, 5.74) is 1.01. The average molecular weight is 201 g/mol. The summed E-state index contributed by atoms with van der Waals surface area (Å²) < 4.78 is 5.18. The van der Waals surface area contributed by atoms with Crippen molar-refractivity contribution >= 4 is 11.6 Å². The van der Waals surface area contributed by atoms with Gasteiger partial charge in [-0.1, -0.05) is 11.6 Å². The first-order valence-electron chi connectivity index (χ1n) is 4.05. The van der Waals surface area contributed by atoms with Gasteiger partial charge in [-0.2, -0.15) is 0 Å². The van der Waals surface area contributed by atoms with Crippen LogP contribution in [0.5, 0.6) is 5.75 Å². The van der Waals surface area contributed by atoms with Gasteiger partial charge in [-0.15, -0.1) is 0 Å². The average Bonchev–Trinajstić information content (AvgIpc) is 2.16. The van der Waals surface area contributed by atoms with E-state index in [1.165, 1.54) is 0 Å². The van der Waals surface area contributed by atoms with Crippen LogP contribution in [-0.2, 0) is 0 Å². The highest BCUT2D eigenvalue weighted by atomic mass is 35.5. The summed E-state index contributed by atoms with van der Waals surface area (Å²) in [5, 5.41) is 3.56. The number of methoxy groups -OCH3 is 1. The highest BCUT2D eigenvalue weighted by Gasteiger charge is 2.10. The fraction of sp³-hybridized carbons (Fsp3) is 0.444. The molecular weight excluding hydrogens is 188 g/mol. The molecule has 4 heteroatoms. The molecule has 72 valence electrons. The third-order valence-corrected chi connectivity index (χ3v) is 2.19. The van der Waals surface area contributed by atoms with Gasteiger partial charge in [-0.3, -0.25) is 0 Å². The predicted molar refractivity (Wildman–Crippen MR) is 53.3 cm³/mol. The lowest BCUT2D eigenvalue weighted by Crippen LogP contribution is -2.13. The van der Waals surface area contributed by atoms with E-state index in [-0.39, 0.29) is 6.04 Å². The van der Waals surface area contributed by atoms with Crippen LogP contribution in [-0.4, -0.2) is 19.1 Å². The largest absolute Gasteiger partial charge is 0.496 e. The van der Waals surface area contributed by atoms with Crippen molar-refractivity contribution in [3.05, 3.63) is 23.0 Å². The van der Waals surface area contributed by atoms with Gasteiger partial charge in [0.2, 0.25) is 0 Å². The molecule has 1 atom stereocenters. The van der Waals surface area contributed by atoms with Crippen molar-refractivity contribution in [1.29, 1.82) is 0 Å². The van der Waals surface area contributed by atoms with E-state index >= 15 is 0 Å². The van der Waals surface area contributed by atoms with Crippen LogP contribution >= 0.6 is 11.6 Å². The summed E-state index contributed by atoms with van der Waals surface area (Å²) >= 11 is 5.73. The zero-order chi connectivity index (χ0) is 9.84. The van der Waals surface area contributed by atoms with E-state index in [1.807, 2.05) is 14.0 Å². The molecule has 0 aliphatic rings. The van der Waals surface area contributed by atoms with E-state index in [0.29, 0.717) is 5.15 Å². The molecule has 0 spiro atoms. The SMILES string of the molecule is CN[C@H](C)c1cnc(Cl)cc1OC. The second kappa shape index (κ2) is 4.44. The molecule has 1 rings (SSSR count). The molecule has 0 aromatic carbocycles. The molecule has 0 amide bonds. The first kappa shape index (κ1) is 10.3. The maximum Gasteiger partial charge on any atom is 0.132 e. The second-order valence-electron chi connectivity index (χ2n) is 2.76. The quantitative estimate of drug-likeness (QED) is 0.759. The highest BCUT2D eigenvalue weighted by Crippen LogP contribution is 2.25. The third kappa shape index (κ3) is 2.32. The fourth-order valence-electron chi connectivity index (χ4n) is 1.08. The lowest BCUT2D eigenvalue weighted by molar-refractivity contribution is 0.403. The molecule has 3 nitrogen and oxygen atoms in total. The van der Waals surface area contributed by atoms with Crippen LogP contribution in [0.3, 0.4) is 0 Å². The van der Waals surface area contributed by atoms with Gasteiger partial charge >= 0.3 is 0 Å². The van der Waals surface area contributed by atoms with E-state index in [2.05, 4.69) is 10.3 Å². The number of hydrogen-bond acceptors (Lipinski definition) is 3. The van der Waals surface area contributed by atoms with Crippen molar-refractivity contribution in [3.63, 3.8) is 0 Å². The first-order chi connectivity index (χ1) is 6.19. The number of pyridine rings is 1. The molecule has 0 radical (unpaired) electrons. The summed E-state index contributed by atoms with van der Waals surface area (Å²) in [4.78, 5) is 4.00. The Morgan fingerprint density at radius 3 is 2.85 bits per heavy atom. The maximum atomic E-state index is 5.73. The number of halogens is 1. The van der Waals surface area contributed by atoms with Crippen LogP contribution in [0.4, 0.5) is 0 Å². The Balaban J connectivity index is 3.05. The molecule has 0 unspecified atom stereocenters. The molecule has 1 aromatic rings. The Morgan fingerprint density at radius 1 is 1.62 bits per heavy atom. The van der Waals surface area contributed by atoms with Crippen molar-refractivity contribution in [2.45, 2.75) is 13.0 Å². The summed E-state index contributed by atoms with van der Waals surface area (Å²) in [6, 6.07) is 1.92. The Morgan fingerprint density at radius 2 is 2.31 bits per heavy atom. The summed E-state index contributed by atoms with van der Waals surface area (Å²) in [5.74, 6) is 0.766. The van der Waals surface area contributed by atoms with Crippen LogP contribution in [0.2, 0.25) is 5.15 Å². The number of aromatic nitrogens is 1. The van der Waals surface area contributed by atoms with Crippen LogP contribution in [0, 0.1) is 0 Å². The zero-order valence-corrected chi connectivity index (χ0v) is 8.72. The molecule has 0 aliphatic carbocycles. The molecule has 0 saturated heterocycles. The zero-order valence-electron chi connectivity index (χ0n) is 7.97. The van der Waals surface area contributed by atoms with E-state index < -0.39 is 0 Å². The van der Waals surface area contributed by atoms with Crippen molar-refractivity contribution < 1.29 is 4.74 Å². The Bertz CT molecular complexity index is 291. The van der Waals surface area contributed by atoms with Crippen molar-refractivity contribution in [3.8, 4) is 5.75 Å². The highest BCUT2D eigenvalue weighted by molar-refractivity contribution is 6.29. The van der Waals surface area contributed by atoms with Crippen molar-refractivity contribution in [2.24, 2.45) is 0 Å². The Kier molecular flexibility index (Phi) is 3.51. The second-order valence-corrected chi connectivity index (χ2v) is 3.15. The Labute approximate surface area is 83.1 Å². The molecule has 0 bridgehead atoms. The van der Waals surface area contributed by atoms with Gasteiger partial charge < -0.3 is 10.1 Å². The van der Waals surface area contributed by atoms with Crippen LogP contribution in [0.25, 0.3) is 0 Å². The van der Waals surface area contributed by atoms with Gasteiger partial charge in [-0.25, -0.2) is 4.98 Å². The summed E-state index contributed by atoms with van der Waals surface area (Å²) in [6.45, 7) is 2.04. The van der Waals surface area contributed by atoms with Crippen molar-refractivity contribution in [1.82, 2.24) is 10.3 Å². The normalized spacial score (nSPS) is 12.6. The van der Waals surface area contributed by atoms with Gasteiger partial charge in [0.05, 0.1) is 7.11 Å². The molecule has 0 fully saturated rings. The van der Waals surface area contributed by atoms with E-state index in [1.54, 1.807) is 19.4 Å². The molecule has 0 saturated carbocycles. The molecule has 1 heterocycles. The number of nitrogens with zero attached hydrogens (tertiary/aromatic N) is 1. The maximum absolute atomic E-state index is 5.73. The Hall–Kier alpha value is -0.800. The topological polar surface area (TPSA) is 34.2 Å². The van der Waals surface area contributed by atoms with Gasteiger partial charge in [0.15, 0.2) is 0 Å².